The summed E-state index contributed by atoms with van der Waals surface area (Å²) in [7, 11) is 0. The minimum atomic E-state index is -0.773. The number of hydrogen-bond acceptors (Lipinski definition) is 2. The van der Waals surface area contributed by atoms with E-state index in [1.54, 1.807) is 18.7 Å². The molecular formula is C13H24N2O2. The van der Waals surface area contributed by atoms with Gasteiger partial charge in [0.2, 0.25) is 11.8 Å². The van der Waals surface area contributed by atoms with E-state index in [4.69, 9.17) is 0 Å². The fraction of sp³-hybridized carbons (Fsp3) is 0.846. The summed E-state index contributed by atoms with van der Waals surface area (Å²) >= 11 is 0. The Morgan fingerprint density at radius 1 is 1.35 bits per heavy atom. The van der Waals surface area contributed by atoms with Gasteiger partial charge < -0.3 is 10.2 Å². The van der Waals surface area contributed by atoms with Crippen molar-refractivity contribution in [2.45, 2.75) is 71.5 Å². The first-order valence-corrected chi connectivity index (χ1v) is 6.49. The van der Waals surface area contributed by atoms with Crippen molar-refractivity contribution < 1.29 is 9.59 Å². The Balaban J connectivity index is 3.04. The van der Waals surface area contributed by atoms with Crippen molar-refractivity contribution in [2.75, 3.05) is 0 Å². The second-order valence-electron chi connectivity index (χ2n) is 5.39. The Morgan fingerprint density at radius 3 is 2.41 bits per heavy atom. The summed E-state index contributed by atoms with van der Waals surface area (Å²) in [5, 5.41) is 2.82. The second-order valence-corrected chi connectivity index (χ2v) is 5.39. The largest absolute Gasteiger partial charge is 0.340 e. The van der Waals surface area contributed by atoms with Gasteiger partial charge in [-0.15, -0.1) is 0 Å². The van der Waals surface area contributed by atoms with E-state index in [1.807, 2.05) is 20.8 Å². The van der Waals surface area contributed by atoms with Crippen LogP contribution in [0.25, 0.3) is 0 Å². The number of amides is 2. The quantitative estimate of drug-likeness (QED) is 0.813. The highest BCUT2D eigenvalue weighted by molar-refractivity contribution is 5.99. The number of nitrogens with one attached hydrogen (secondary N) is 1. The van der Waals surface area contributed by atoms with E-state index in [-0.39, 0.29) is 23.9 Å². The molecule has 0 aromatic carbocycles. The van der Waals surface area contributed by atoms with E-state index in [1.165, 1.54) is 0 Å². The molecule has 1 aliphatic rings. The average Bonchev–Trinajstić information content (AvgIpc) is 2.25. The maximum Gasteiger partial charge on any atom is 0.248 e. The first-order chi connectivity index (χ1) is 7.85. The van der Waals surface area contributed by atoms with Gasteiger partial charge in [-0.25, -0.2) is 0 Å². The summed E-state index contributed by atoms with van der Waals surface area (Å²) in [5.41, 5.74) is -0.773. The van der Waals surface area contributed by atoms with Gasteiger partial charge in [-0.1, -0.05) is 20.3 Å². The van der Waals surface area contributed by atoms with Crippen molar-refractivity contribution in [3.63, 3.8) is 0 Å². The molecule has 1 fully saturated rings. The number of hydrogen-bond donors (Lipinski definition) is 1. The van der Waals surface area contributed by atoms with E-state index in [2.05, 4.69) is 5.32 Å². The van der Waals surface area contributed by atoms with E-state index >= 15 is 0 Å². The Morgan fingerprint density at radius 2 is 1.94 bits per heavy atom. The molecule has 4 nitrogen and oxygen atoms in total. The third-order valence-corrected chi connectivity index (χ3v) is 3.47. The standard InChI is InChI=1S/C13H24N2O2/c1-6-8-10-11(16)14-13(4,5)12(17)15(10)9(3)7-2/h9-10H,6-8H2,1-5H3,(H,14,16). The Labute approximate surface area is 104 Å². The summed E-state index contributed by atoms with van der Waals surface area (Å²) in [5.74, 6) is 0.0154. The number of carbonyl (C=O) groups is 2. The number of carbonyl (C=O) groups excluding carboxylic acids is 2. The monoisotopic (exact) mass is 240 g/mol. The fourth-order valence-corrected chi connectivity index (χ4v) is 2.28. The summed E-state index contributed by atoms with van der Waals surface area (Å²) in [6.07, 6.45) is 2.51. The number of piperazine rings is 1. The fourth-order valence-electron chi connectivity index (χ4n) is 2.28. The van der Waals surface area contributed by atoms with Crippen molar-refractivity contribution in [2.24, 2.45) is 0 Å². The number of nitrogens with zero attached hydrogens (tertiary/aromatic N) is 1. The molecular weight excluding hydrogens is 216 g/mol. The van der Waals surface area contributed by atoms with Crippen LogP contribution >= 0.6 is 0 Å². The van der Waals surface area contributed by atoms with Gasteiger partial charge in [0.05, 0.1) is 0 Å². The topological polar surface area (TPSA) is 49.4 Å². The maximum absolute atomic E-state index is 12.4. The predicted octanol–water partition coefficient (Wildman–Crippen LogP) is 1.69. The molecule has 0 radical (unpaired) electrons. The van der Waals surface area contributed by atoms with Gasteiger partial charge in [-0.2, -0.15) is 0 Å². The molecule has 17 heavy (non-hydrogen) atoms. The molecule has 2 atom stereocenters. The van der Waals surface area contributed by atoms with Gasteiger partial charge in [-0.05, 0) is 33.6 Å². The molecule has 1 saturated heterocycles. The van der Waals surface area contributed by atoms with E-state index in [9.17, 15) is 9.59 Å². The molecule has 0 aliphatic carbocycles. The van der Waals surface area contributed by atoms with Crippen molar-refractivity contribution in [3.05, 3.63) is 0 Å². The minimum Gasteiger partial charge on any atom is -0.340 e. The van der Waals surface area contributed by atoms with Crippen LogP contribution in [-0.2, 0) is 9.59 Å². The third kappa shape index (κ3) is 2.61. The van der Waals surface area contributed by atoms with Crippen LogP contribution in [-0.4, -0.2) is 34.3 Å². The van der Waals surface area contributed by atoms with Gasteiger partial charge in [-0.3, -0.25) is 9.59 Å². The molecule has 98 valence electrons. The highest BCUT2D eigenvalue weighted by atomic mass is 16.2. The lowest BCUT2D eigenvalue weighted by molar-refractivity contribution is -0.156. The van der Waals surface area contributed by atoms with Crippen molar-refractivity contribution in [1.82, 2.24) is 10.2 Å². The molecule has 0 spiro atoms. The average molecular weight is 240 g/mol. The molecule has 4 heteroatoms. The normalized spacial score (nSPS) is 25.7. The zero-order valence-corrected chi connectivity index (χ0v) is 11.5. The van der Waals surface area contributed by atoms with Crippen LogP contribution in [0.1, 0.15) is 53.9 Å². The molecule has 0 aromatic heterocycles. The van der Waals surface area contributed by atoms with Crippen molar-refractivity contribution in [3.8, 4) is 0 Å². The molecule has 0 aromatic rings. The predicted molar refractivity (Wildman–Crippen MR) is 67.5 cm³/mol. The van der Waals surface area contributed by atoms with Gasteiger partial charge >= 0.3 is 0 Å². The lowest BCUT2D eigenvalue weighted by Crippen LogP contribution is -2.69. The summed E-state index contributed by atoms with van der Waals surface area (Å²) < 4.78 is 0. The summed E-state index contributed by atoms with van der Waals surface area (Å²) in [6.45, 7) is 9.62. The molecule has 0 saturated carbocycles. The summed E-state index contributed by atoms with van der Waals surface area (Å²) in [6, 6.07) is -0.181. The molecule has 1 N–H and O–H groups in total. The smallest absolute Gasteiger partial charge is 0.248 e. The van der Waals surface area contributed by atoms with Crippen LogP contribution in [0.2, 0.25) is 0 Å². The van der Waals surface area contributed by atoms with Crippen LogP contribution in [0.15, 0.2) is 0 Å². The SMILES string of the molecule is CCCC1C(=O)NC(C)(C)C(=O)N1C(C)CC. The number of rotatable bonds is 4. The first kappa shape index (κ1) is 14.0. The zero-order chi connectivity index (χ0) is 13.2. The van der Waals surface area contributed by atoms with Crippen LogP contribution in [0.4, 0.5) is 0 Å². The third-order valence-electron chi connectivity index (χ3n) is 3.47. The zero-order valence-electron chi connectivity index (χ0n) is 11.5. The Bertz CT molecular complexity index is 313. The van der Waals surface area contributed by atoms with E-state index in [0.717, 1.165) is 19.3 Å². The lowest BCUT2D eigenvalue weighted by Gasteiger charge is -2.45. The maximum atomic E-state index is 12.4. The molecule has 1 rings (SSSR count). The van der Waals surface area contributed by atoms with Crippen LogP contribution < -0.4 is 5.32 Å². The highest BCUT2D eigenvalue weighted by Gasteiger charge is 2.46. The van der Waals surface area contributed by atoms with Gasteiger partial charge in [0.15, 0.2) is 0 Å². The molecule has 1 heterocycles. The molecule has 2 amide bonds. The molecule has 0 bridgehead atoms. The van der Waals surface area contributed by atoms with E-state index in [0.29, 0.717) is 0 Å². The summed E-state index contributed by atoms with van der Waals surface area (Å²) in [4.78, 5) is 26.2. The van der Waals surface area contributed by atoms with E-state index < -0.39 is 5.54 Å². The highest BCUT2D eigenvalue weighted by Crippen LogP contribution is 2.24. The first-order valence-electron chi connectivity index (χ1n) is 6.49. The van der Waals surface area contributed by atoms with Gasteiger partial charge in [0.25, 0.3) is 0 Å². The van der Waals surface area contributed by atoms with Crippen molar-refractivity contribution in [1.29, 1.82) is 0 Å². The van der Waals surface area contributed by atoms with Crippen molar-refractivity contribution >= 4 is 11.8 Å². The Kier molecular flexibility index (Phi) is 4.17. The molecule has 1 aliphatic heterocycles. The second kappa shape index (κ2) is 5.07. The van der Waals surface area contributed by atoms with Crippen LogP contribution in [0.3, 0.4) is 0 Å². The Hall–Kier alpha value is -1.06. The van der Waals surface area contributed by atoms with Crippen LogP contribution in [0.5, 0.6) is 0 Å². The lowest BCUT2D eigenvalue weighted by atomic mass is 9.93. The van der Waals surface area contributed by atoms with Crippen LogP contribution in [0, 0.1) is 0 Å². The molecule has 2 unspecified atom stereocenters. The minimum absolute atomic E-state index is 0.0169. The van der Waals surface area contributed by atoms with Gasteiger partial charge in [0, 0.05) is 6.04 Å². The van der Waals surface area contributed by atoms with Gasteiger partial charge in [0.1, 0.15) is 11.6 Å².